The van der Waals surface area contributed by atoms with Crippen LogP contribution in [-0.2, 0) is 0 Å². The van der Waals surface area contributed by atoms with Crippen molar-refractivity contribution in [3.63, 3.8) is 0 Å². The number of halogens is 1. The van der Waals surface area contributed by atoms with E-state index in [-0.39, 0.29) is 11.1 Å². The minimum Gasteiger partial charge on any atom is -0.478 e. The van der Waals surface area contributed by atoms with Crippen LogP contribution in [0.5, 0.6) is 0 Å². The zero-order valence-electron chi connectivity index (χ0n) is 25.2. The minimum absolute atomic E-state index is 0.170. The number of benzene rings is 3. The molecule has 0 fully saturated rings. The lowest BCUT2D eigenvalue weighted by Gasteiger charge is -2.21. The Kier molecular flexibility index (Phi) is 10.4. The smallest absolute Gasteiger partial charge is 0.347 e. The van der Waals surface area contributed by atoms with Crippen LogP contribution < -0.4 is 39.1 Å². The molecule has 1 aliphatic carbocycles. The van der Waals surface area contributed by atoms with Crippen LogP contribution in [0.15, 0.2) is 86.4 Å². The average Bonchev–Trinajstić information content (AvgIpc) is 3.00. The van der Waals surface area contributed by atoms with E-state index in [1.54, 1.807) is 36.4 Å². The number of hydrogen-bond donors (Lipinski definition) is 1. The highest BCUT2D eigenvalue weighted by molar-refractivity contribution is 5.99. The molecule has 45 heavy (non-hydrogen) atoms. The maximum Gasteiger partial charge on any atom is 0.347 e. The highest BCUT2D eigenvalue weighted by Crippen LogP contribution is 2.39. The quantitative estimate of drug-likeness (QED) is 0.193. The van der Waals surface area contributed by atoms with Gasteiger partial charge in [0.1, 0.15) is 35.8 Å². The standard InChI is InChI=1S/C33H32N2O5.ClHO4/c1-5-34(6-2)22-14-13-21-17-28(33(38)40-29(21)18-22)31-20-27(24-11-9-10-12-26(24)32(36)37)25-16-15-23(19-30(25)39-31)35(7-3)8-4;2-1(3,4)5/h9-20H,5-8H2,1-4H3;(H,2,3,4,5). The van der Waals surface area contributed by atoms with Crippen molar-refractivity contribution in [2.24, 2.45) is 0 Å². The third kappa shape index (κ3) is 7.77. The van der Waals surface area contributed by atoms with Gasteiger partial charge in [-0.2, -0.15) is 0 Å². The summed E-state index contributed by atoms with van der Waals surface area (Å²) in [7, 11) is -4.94. The fourth-order valence-corrected chi connectivity index (χ4v) is 5.28. The molecule has 11 nitrogen and oxygen atoms in total. The molecule has 0 spiro atoms. The van der Waals surface area contributed by atoms with Gasteiger partial charge < -0.3 is 18.8 Å². The summed E-state index contributed by atoms with van der Waals surface area (Å²) in [5.41, 5.74) is 3.36. The third-order valence-electron chi connectivity index (χ3n) is 7.44. The summed E-state index contributed by atoms with van der Waals surface area (Å²) in [5, 5.41) is 11.7. The molecule has 2 heterocycles. The maximum absolute atomic E-state index is 13.3. The summed E-state index contributed by atoms with van der Waals surface area (Å²) in [4.78, 5) is 27.7. The van der Waals surface area contributed by atoms with Crippen LogP contribution in [0.4, 0.5) is 5.69 Å². The molecule has 236 valence electrons. The lowest BCUT2D eigenvalue weighted by Crippen LogP contribution is -2.68. The van der Waals surface area contributed by atoms with E-state index in [9.17, 15) is 14.7 Å². The summed E-state index contributed by atoms with van der Waals surface area (Å²) in [5.74, 6) is -0.170. The van der Waals surface area contributed by atoms with Crippen molar-refractivity contribution in [1.29, 1.82) is 0 Å². The van der Waals surface area contributed by atoms with Crippen molar-refractivity contribution >= 4 is 22.6 Å². The second-order valence-electron chi connectivity index (χ2n) is 9.95. The Morgan fingerprint density at radius 1 is 0.778 bits per heavy atom. The van der Waals surface area contributed by atoms with Gasteiger partial charge in [0, 0.05) is 41.9 Å². The SMILES string of the molecule is CCN(CC)c1ccc2cc(-c3cc(-c4ccccc4C(=O)O)c4ccc(=[N+](CC)CC)cc-4o3)c(=O)oc2c1.[O-][Cl+3]([O-])([O-])[O-]. The normalized spacial score (nSPS) is 11.3. The van der Waals surface area contributed by atoms with E-state index in [0.717, 1.165) is 48.2 Å². The van der Waals surface area contributed by atoms with Crippen molar-refractivity contribution in [3.05, 3.63) is 94.1 Å². The van der Waals surface area contributed by atoms with Gasteiger partial charge in [-0.25, -0.2) is 32.8 Å². The van der Waals surface area contributed by atoms with Crippen LogP contribution in [0.1, 0.15) is 38.1 Å². The summed E-state index contributed by atoms with van der Waals surface area (Å²) < 4.78 is 48.3. The van der Waals surface area contributed by atoms with Crippen molar-refractivity contribution < 1.29 is 47.6 Å². The summed E-state index contributed by atoms with van der Waals surface area (Å²) in [6.45, 7) is 11.7. The number of fused-ring (bicyclic) bond motifs is 2. The number of aromatic carboxylic acids is 1. The van der Waals surface area contributed by atoms with Gasteiger partial charge in [0.2, 0.25) is 5.36 Å². The number of anilines is 1. The summed E-state index contributed by atoms with van der Waals surface area (Å²) >= 11 is 0. The van der Waals surface area contributed by atoms with Gasteiger partial charge >= 0.3 is 11.6 Å². The third-order valence-corrected chi connectivity index (χ3v) is 7.44. The van der Waals surface area contributed by atoms with E-state index in [4.69, 9.17) is 27.5 Å². The molecule has 0 unspecified atom stereocenters. The Labute approximate surface area is 261 Å². The molecule has 2 aromatic carbocycles. The first-order valence-corrected chi connectivity index (χ1v) is 15.5. The molecular formula is C33H33ClN2O9. The lowest BCUT2D eigenvalue weighted by atomic mass is 9.93. The number of carboxylic acids is 1. The molecule has 0 bridgehead atoms. The zero-order valence-corrected chi connectivity index (χ0v) is 26.0. The van der Waals surface area contributed by atoms with E-state index in [1.165, 1.54) is 0 Å². The molecule has 0 saturated heterocycles. The highest BCUT2D eigenvalue weighted by atomic mass is 35.7. The van der Waals surface area contributed by atoms with Crippen LogP contribution >= 0.6 is 0 Å². The van der Waals surface area contributed by atoms with Gasteiger partial charge in [-0.05, 0) is 75.2 Å². The van der Waals surface area contributed by atoms with Gasteiger partial charge in [-0.15, -0.1) is 10.2 Å². The predicted molar refractivity (Wildman–Crippen MR) is 159 cm³/mol. The van der Waals surface area contributed by atoms with Gasteiger partial charge in [-0.3, -0.25) is 0 Å². The first kappa shape index (κ1) is 33.4. The highest BCUT2D eigenvalue weighted by Gasteiger charge is 2.22. The Hall–Kier alpha value is -4.52. The molecule has 1 N–H and O–H groups in total. The fraction of sp³-hybridized carbons (Fsp3) is 0.242. The van der Waals surface area contributed by atoms with Gasteiger partial charge in [0.05, 0.1) is 11.6 Å². The number of nitrogens with zero attached hydrogens (tertiary/aromatic N) is 2. The monoisotopic (exact) mass is 636 g/mol. The molecule has 0 radical (unpaired) electrons. The fourth-order valence-electron chi connectivity index (χ4n) is 5.28. The zero-order chi connectivity index (χ0) is 32.9. The average molecular weight is 637 g/mol. The van der Waals surface area contributed by atoms with Crippen molar-refractivity contribution in [2.45, 2.75) is 27.7 Å². The number of carboxylic acid groups (broad SMARTS) is 1. The second kappa shape index (κ2) is 14.1. The molecule has 0 saturated carbocycles. The van der Waals surface area contributed by atoms with Crippen molar-refractivity contribution in [1.82, 2.24) is 4.58 Å². The molecule has 12 heteroatoms. The molecule has 3 aromatic rings. The number of carbonyl (C=O) groups is 1. The Balaban J connectivity index is 0.000000854. The molecule has 2 aliphatic rings. The first-order valence-electron chi connectivity index (χ1n) is 14.3. The molecular weight excluding hydrogens is 604 g/mol. The van der Waals surface area contributed by atoms with Crippen LogP contribution in [0.2, 0.25) is 0 Å². The van der Waals surface area contributed by atoms with E-state index >= 15 is 0 Å². The van der Waals surface area contributed by atoms with E-state index in [0.29, 0.717) is 28.2 Å². The molecule has 1 aliphatic heterocycles. The number of rotatable bonds is 8. The lowest BCUT2D eigenvalue weighted by molar-refractivity contribution is -2.00. The van der Waals surface area contributed by atoms with E-state index in [2.05, 4.69) is 37.2 Å². The maximum atomic E-state index is 13.3. The van der Waals surface area contributed by atoms with Gasteiger partial charge in [0.15, 0.2) is 0 Å². The van der Waals surface area contributed by atoms with Gasteiger partial charge in [-0.1, -0.05) is 18.2 Å². The van der Waals surface area contributed by atoms with Crippen molar-refractivity contribution in [3.8, 4) is 33.8 Å². The first-order chi connectivity index (χ1) is 21.4. The summed E-state index contributed by atoms with van der Waals surface area (Å²) in [6, 6.07) is 22.1. The van der Waals surface area contributed by atoms with Crippen LogP contribution in [0.3, 0.4) is 0 Å². The largest absolute Gasteiger partial charge is 0.478 e. The second-order valence-corrected chi connectivity index (χ2v) is 10.7. The molecule has 1 aromatic heterocycles. The van der Waals surface area contributed by atoms with Crippen LogP contribution in [0.25, 0.3) is 44.7 Å². The van der Waals surface area contributed by atoms with Crippen LogP contribution in [-0.4, -0.2) is 37.3 Å². The van der Waals surface area contributed by atoms with Crippen molar-refractivity contribution in [2.75, 3.05) is 31.1 Å². The van der Waals surface area contributed by atoms with Crippen LogP contribution in [0, 0.1) is 10.2 Å². The molecule has 0 atom stereocenters. The summed E-state index contributed by atoms with van der Waals surface area (Å²) in [6.07, 6.45) is 0. The minimum atomic E-state index is -4.94. The Morgan fingerprint density at radius 3 is 2.04 bits per heavy atom. The topological polar surface area (TPSA) is 179 Å². The van der Waals surface area contributed by atoms with Gasteiger partial charge in [0.25, 0.3) is 0 Å². The predicted octanol–water partition coefficient (Wildman–Crippen LogP) is 1.43. The number of hydrogen-bond acceptors (Lipinski definition) is 9. The Bertz CT molecular complexity index is 1910. The Morgan fingerprint density at radius 2 is 1.42 bits per heavy atom. The van der Waals surface area contributed by atoms with E-state index in [1.807, 2.05) is 36.4 Å². The molecule has 5 rings (SSSR count). The molecule has 0 amide bonds. The van der Waals surface area contributed by atoms with E-state index < -0.39 is 21.8 Å².